The summed E-state index contributed by atoms with van der Waals surface area (Å²) in [6, 6.07) is 0. The molecule has 0 aromatic carbocycles. The first-order valence-corrected chi connectivity index (χ1v) is 4.27. The lowest BCUT2D eigenvalue weighted by Gasteiger charge is -2.05. The van der Waals surface area contributed by atoms with E-state index in [0.717, 1.165) is 6.92 Å². The van der Waals surface area contributed by atoms with Crippen molar-refractivity contribution >= 4 is 29.2 Å². The van der Waals surface area contributed by atoms with E-state index in [1.165, 1.54) is 5.32 Å². The first-order valence-electron chi connectivity index (χ1n) is 3.54. The van der Waals surface area contributed by atoms with Crippen LogP contribution in [0.25, 0.3) is 0 Å². The summed E-state index contributed by atoms with van der Waals surface area (Å²) in [5.74, 6) is -3.21. The molecule has 5 nitrogen and oxygen atoms in total. The molecule has 1 amide bonds. The number of hydrogen-bond donors (Lipinski definition) is 1. The van der Waals surface area contributed by atoms with Crippen LogP contribution in [0.1, 0.15) is 17.4 Å². The predicted octanol–water partition coefficient (Wildman–Crippen LogP) is 1.24. The number of amides is 1. The molecule has 1 heterocycles. The zero-order valence-corrected chi connectivity index (χ0v) is 8.07. The van der Waals surface area contributed by atoms with Crippen molar-refractivity contribution in [1.82, 2.24) is 8.75 Å². The molecule has 1 rings (SSSR count). The van der Waals surface area contributed by atoms with Gasteiger partial charge in [-0.3, -0.25) is 14.9 Å². The minimum atomic E-state index is -5.02. The highest BCUT2D eigenvalue weighted by Gasteiger charge is 2.39. The summed E-state index contributed by atoms with van der Waals surface area (Å²) in [6.07, 6.45) is -5.02. The van der Waals surface area contributed by atoms with Gasteiger partial charge in [-0.05, 0) is 0 Å². The summed E-state index contributed by atoms with van der Waals surface area (Å²) >= 11 is 0.544. The van der Waals surface area contributed by atoms with Crippen LogP contribution in [0, 0.1) is 0 Å². The predicted molar refractivity (Wildman–Crippen MR) is 44.6 cm³/mol. The first kappa shape index (κ1) is 11.6. The lowest BCUT2D eigenvalue weighted by molar-refractivity contribution is -0.167. The molecule has 0 spiro atoms. The number of carbonyl (C=O) groups is 2. The second-order valence-electron chi connectivity index (χ2n) is 2.47. The molecule has 0 saturated carbocycles. The molecule has 1 aromatic heterocycles. The average Bonchev–Trinajstić information content (AvgIpc) is 2.50. The van der Waals surface area contributed by atoms with Crippen molar-refractivity contribution in [3.8, 4) is 0 Å². The Morgan fingerprint density at radius 1 is 1.33 bits per heavy atom. The standard InChI is InChI=1S/C6H4F3N3O2S/c1-2(13)3-4(12-15-11-3)10-5(14)6(7,8)9/h1H3,(H,10,12,14). The van der Waals surface area contributed by atoms with Gasteiger partial charge < -0.3 is 0 Å². The Morgan fingerprint density at radius 3 is 2.40 bits per heavy atom. The minimum absolute atomic E-state index is 0.280. The highest BCUT2D eigenvalue weighted by Crippen LogP contribution is 2.19. The van der Waals surface area contributed by atoms with Gasteiger partial charge in [0.2, 0.25) is 0 Å². The number of alkyl halides is 3. The lowest BCUT2D eigenvalue weighted by Crippen LogP contribution is -2.30. The molecule has 0 saturated heterocycles. The summed E-state index contributed by atoms with van der Waals surface area (Å²) in [5, 5.41) is 1.46. The molecule has 0 atom stereocenters. The number of Topliss-reactive ketones (excluding diaryl/α,β-unsaturated/α-hetero) is 1. The third-order valence-electron chi connectivity index (χ3n) is 1.31. The fourth-order valence-electron chi connectivity index (χ4n) is 0.680. The Bertz CT molecular complexity index is 401. The smallest absolute Gasteiger partial charge is 0.300 e. The summed E-state index contributed by atoms with van der Waals surface area (Å²) in [6.45, 7) is 1.11. The zero-order valence-electron chi connectivity index (χ0n) is 7.25. The molecule has 82 valence electrons. The van der Waals surface area contributed by atoms with E-state index in [9.17, 15) is 22.8 Å². The Hall–Kier alpha value is -1.51. The fourth-order valence-corrected chi connectivity index (χ4v) is 1.23. The van der Waals surface area contributed by atoms with E-state index in [4.69, 9.17) is 0 Å². The molecule has 0 aliphatic carbocycles. The first-order chi connectivity index (χ1) is 6.82. The number of halogens is 3. The number of anilines is 1. The van der Waals surface area contributed by atoms with E-state index < -0.39 is 23.7 Å². The molecule has 0 aliphatic heterocycles. The van der Waals surface area contributed by atoms with Gasteiger partial charge in [-0.1, -0.05) is 0 Å². The highest BCUT2D eigenvalue weighted by atomic mass is 32.1. The van der Waals surface area contributed by atoms with E-state index in [0.29, 0.717) is 11.7 Å². The van der Waals surface area contributed by atoms with Crippen LogP contribution < -0.4 is 5.32 Å². The van der Waals surface area contributed by atoms with Crippen LogP contribution in [-0.2, 0) is 4.79 Å². The van der Waals surface area contributed by atoms with Crippen molar-refractivity contribution < 1.29 is 22.8 Å². The van der Waals surface area contributed by atoms with Gasteiger partial charge in [-0.2, -0.15) is 21.9 Å². The molecule has 0 fully saturated rings. The van der Waals surface area contributed by atoms with Gasteiger partial charge in [0.25, 0.3) is 0 Å². The number of nitrogens with one attached hydrogen (secondary N) is 1. The van der Waals surface area contributed by atoms with Crippen molar-refractivity contribution in [2.75, 3.05) is 5.32 Å². The number of nitrogens with zero attached hydrogens (tertiary/aromatic N) is 2. The van der Waals surface area contributed by atoms with Crippen LogP contribution in [-0.4, -0.2) is 26.6 Å². The van der Waals surface area contributed by atoms with Gasteiger partial charge in [-0.15, -0.1) is 0 Å². The van der Waals surface area contributed by atoms with E-state index in [1.54, 1.807) is 0 Å². The van der Waals surface area contributed by atoms with Gasteiger partial charge in [0.1, 0.15) is 0 Å². The minimum Gasteiger partial charge on any atom is -0.300 e. The zero-order chi connectivity index (χ0) is 11.6. The molecule has 0 bridgehead atoms. The van der Waals surface area contributed by atoms with E-state index in [1.807, 2.05) is 0 Å². The number of rotatable bonds is 2. The van der Waals surface area contributed by atoms with E-state index in [2.05, 4.69) is 8.75 Å². The molecule has 0 aliphatic rings. The Labute approximate surface area is 85.6 Å². The maximum absolute atomic E-state index is 11.8. The van der Waals surface area contributed by atoms with Crippen molar-refractivity contribution in [2.24, 2.45) is 0 Å². The third kappa shape index (κ3) is 2.72. The Morgan fingerprint density at radius 2 is 1.93 bits per heavy atom. The van der Waals surface area contributed by atoms with Gasteiger partial charge in [-0.25, -0.2) is 0 Å². The average molecular weight is 239 g/mol. The summed E-state index contributed by atoms with van der Waals surface area (Å²) in [5.41, 5.74) is -0.280. The summed E-state index contributed by atoms with van der Waals surface area (Å²) < 4.78 is 42.3. The van der Waals surface area contributed by atoms with Crippen LogP contribution >= 0.6 is 11.7 Å². The Balaban J connectivity index is 2.86. The number of carbonyl (C=O) groups excluding carboxylic acids is 2. The molecule has 1 aromatic rings. The van der Waals surface area contributed by atoms with E-state index in [-0.39, 0.29) is 5.69 Å². The number of ketones is 1. The van der Waals surface area contributed by atoms with Crippen molar-refractivity contribution in [3.05, 3.63) is 5.69 Å². The molecule has 1 N–H and O–H groups in total. The van der Waals surface area contributed by atoms with Crippen LogP contribution in [0.5, 0.6) is 0 Å². The number of hydrogen-bond acceptors (Lipinski definition) is 5. The maximum atomic E-state index is 11.8. The van der Waals surface area contributed by atoms with Crippen molar-refractivity contribution in [2.45, 2.75) is 13.1 Å². The van der Waals surface area contributed by atoms with Crippen LogP contribution in [0.2, 0.25) is 0 Å². The summed E-state index contributed by atoms with van der Waals surface area (Å²) in [4.78, 5) is 21.3. The molecule has 9 heteroatoms. The fraction of sp³-hybridized carbons (Fsp3) is 0.333. The van der Waals surface area contributed by atoms with E-state index >= 15 is 0 Å². The van der Waals surface area contributed by atoms with Crippen molar-refractivity contribution in [3.63, 3.8) is 0 Å². The number of aromatic nitrogens is 2. The van der Waals surface area contributed by atoms with Crippen LogP contribution in [0.15, 0.2) is 0 Å². The molecule has 0 radical (unpaired) electrons. The Kier molecular flexibility index (Phi) is 3.03. The second-order valence-corrected chi connectivity index (χ2v) is 3.00. The van der Waals surface area contributed by atoms with Crippen LogP contribution in [0.4, 0.5) is 19.0 Å². The van der Waals surface area contributed by atoms with Gasteiger partial charge >= 0.3 is 12.1 Å². The second kappa shape index (κ2) is 3.93. The largest absolute Gasteiger partial charge is 0.471 e. The van der Waals surface area contributed by atoms with Gasteiger partial charge in [0, 0.05) is 6.92 Å². The third-order valence-corrected chi connectivity index (χ3v) is 1.84. The monoisotopic (exact) mass is 239 g/mol. The maximum Gasteiger partial charge on any atom is 0.471 e. The van der Waals surface area contributed by atoms with Crippen molar-refractivity contribution in [1.29, 1.82) is 0 Å². The SMILES string of the molecule is CC(=O)c1nsnc1NC(=O)C(F)(F)F. The molecule has 15 heavy (non-hydrogen) atoms. The van der Waals surface area contributed by atoms with Gasteiger partial charge in [0.05, 0.1) is 11.7 Å². The summed E-state index contributed by atoms with van der Waals surface area (Å²) in [7, 11) is 0. The lowest BCUT2D eigenvalue weighted by atomic mass is 10.3. The topological polar surface area (TPSA) is 72.0 Å². The molecular formula is C6H4F3N3O2S. The molecule has 0 unspecified atom stereocenters. The normalized spacial score (nSPS) is 11.2. The van der Waals surface area contributed by atoms with Gasteiger partial charge in [0.15, 0.2) is 17.3 Å². The molecular weight excluding hydrogens is 235 g/mol. The van der Waals surface area contributed by atoms with Crippen LogP contribution in [0.3, 0.4) is 0 Å². The highest BCUT2D eigenvalue weighted by molar-refractivity contribution is 6.99. The quantitative estimate of drug-likeness (QED) is 0.788.